The van der Waals surface area contributed by atoms with Crippen molar-refractivity contribution in [2.24, 2.45) is 22.9 Å². The molecule has 2 bridgehead atoms. The van der Waals surface area contributed by atoms with Crippen LogP contribution in [0.1, 0.15) is 25.7 Å². The smallest absolute Gasteiger partial charge is 0.272 e. The highest BCUT2D eigenvalue weighted by Crippen LogP contribution is 2.47. The highest BCUT2D eigenvalue weighted by Gasteiger charge is 2.38. The van der Waals surface area contributed by atoms with Crippen molar-refractivity contribution < 1.29 is 9.85 Å². The molecular weight excluding hydrogens is 288 g/mol. The van der Waals surface area contributed by atoms with Gasteiger partial charge in [-0.25, -0.2) is 0 Å². The van der Waals surface area contributed by atoms with Crippen molar-refractivity contribution in [2.75, 3.05) is 5.43 Å². The summed E-state index contributed by atoms with van der Waals surface area (Å²) in [4.78, 5) is 20.4. The number of nitrogens with zero attached hydrogens (tertiary/aromatic N) is 3. The van der Waals surface area contributed by atoms with E-state index in [1.165, 1.54) is 31.4 Å². The maximum Gasteiger partial charge on any atom is 0.301 e. The molecule has 3 rings (SSSR count). The number of hydrogen-bond acceptors (Lipinski definition) is 6. The minimum Gasteiger partial charge on any atom is -0.272 e. The van der Waals surface area contributed by atoms with E-state index in [2.05, 4.69) is 10.5 Å². The molecule has 0 aromatic heterocycles. The summed E-state index contributed by atoms with van der Waals surface area (Å²) in [6.45, 7) is 0. The Kier molecular flexibility index (Phi) is 3.74. The number of hydrazone groups is 1. The molecule has 1 N–H and O–H groups in total. The summed E-state index contributed by atoms with van der Waals surface area (Å²) in [5.41, 5.74) is 2.16. The van der Waals surface area contributed by atoms with Crippen LogP contribution in [0.25, 0.3) is 0 Å². The molecule has 0 amide bonds. The quantitative estimate of drug-likeness (QED) is 0.509. The van der Waals surface area contributed by atoms with E-state index in [9.17, 15) is 20.2 Å². The monoisotopic (exact) mass is 304 g/mol. The zero-order valence-corrected chi connectivity index (χ0v) is 11.8. The topological polar surface area (TPSA) is 111 Å². The van der Waals surface area contributed by atoms with E-state index in [1.807, 2.05) is 6.21 Å². The van der Waals surface area contributed by atoms with Crippen LogP contribution >= 0.6 is 0 Å². The van der Waals surface area contributed by atoms with Crippen molar-refractivity contribution in [2.45, 2.75) is 25.7 Å². The maximum absolute atomic E-state index is 11.0. The second-order valence-electron chi connectivity index (χ2n) is 5.94. The van der Waals surface area contributed by atoms with Gasteiger partial charge in [-0.3, -0.25) is 25.7 Å². The fraction of sp³-hybridized carbons (Fsp3) is 0.500. The first-order valence-corrected chi connectivity index (χ1v) is 7.26. The molecule has 0 aliphatic heterocycles. The molecule has 1 aromatic carbocycles. The second kappa shape index (κ2) is 5.70. The number of hydrogen-bond donors (Lipinski definition) is 1. The van der Waals surface area contributed by atoms with Crippen molar-refractivity contribution in [3.63, 3.8) is 0 Å². The molecule has 3 atom stereocenters. The Labute approximate surface area is 126 Å². The van der Waals surface area contributed by atoms with Gasteiger partial charge in [0.1, 0.15) is 5.69 Å². The Morgan fingerprint density at radius 2 is 2.00 bits per heavy atom. The van der Waals surface area contributed by atoms with Crippen LogP contribution in [0.3, 0.4) is 0 Å². The summed E-state index contributed by atoms with van der Waals surface area (Å²) >= 11 is 0. The normalized spacial score (nSPS) is 26.5. The number of non-ortho nitro benzene ring substituents is 1. The third-order valence-electron chi connectivity index (χ3n) is 4.63. The first-order chi connectivity index (χ1) is 10.5. The van der Waals surface area contributed by atoms with Gasteiger partial charge in [0, 0.05) is 12.3 Å². The third kappa shape index (κ3) is 2.76. The van der Waals surface area contributed by atoms with Crippen molar-refractivity contribution >= 4 is 23.3 Å². The lowest BCUT2D eigenvalue weighted by atomic mass is 9.90. The van der Waals surface area contributed by atoms with E-state index in [0.29, 0.717) is 11.8 Å². The average Bonchev–Trinajstić information content (AvgIpc) is 3.09. The molecule has 22 heavy (non-hydrogen) atoms. The third-order valence-corrected chi connectivity index (χ3v) is 4.63. The molecular formula is C14H16N4O4. The van der Waals surface area contributed by atoms with Crippen LogP contribution < -0.4 is 5.43 Å². The Morgan fingerprint density at radius 3 is 2.59 bits per heavy atom. The zero-order chi connectivity index (χ0) is 15.7. The van der Waals surface area contributed by atoms with Crippen LogP contribution in [0.2, 0.25) is 0 Å². The van der Waals surface area contributed by atoms with Crippen molar-refractivity contribution in [3.05, 3.63) is 38.4 Å². The molecule has 0 radical (unpaired) electrons. The van der Waals surface area contributed by atoms with E-state index >= 15 is 0 Å². The Balaban J connectivity index is 1.71. The van der Waals surface area contributed by atoms with E-state index in [1.54, 1.807) is 0 Å². The molecule has 2 aliphatic carbocycles. The molecule has 3 unspecified atom stereocenters. The molecule has 0 saturated heterocycles. The van der Waals surface area contributed by atoms with Gasteiger partial charge in [-0.05, 0) is 43.1 Å². The van der Waals surface area contributed by atoms with Crippen LogP contribution in [0, 0.1) is 38.0 Å². The molecule has 2 aliphatic rings. The number of rotatable bonds is 5. The summed E-state index contributed by atoms with van der Waals surface area (Å²) in [6.07, 6.45) is 6.76. The standard InChI is InChI=1S/C14H16N4O4/c19-17(20)12-3-4-13(14(7-12)18(21)22)16-15-8-11-6-9-1-2-10(11)5-9/h3-4,7-11,16H,1-2,5-6H2/b15-8+. The van der Waals surface area contributed by atoms with E-state index in [0.717, 1.165) is 18.4 Å². The van der Waals surface area contributed by atoms with Gasteiger partial charge in [0.2, 0.25) is 0 Å². The molecule has 116 valence electrons. The van der Waals surface area contributed by atoms with Gasteiger partial charge < -0.3 is 0 Å². The van der Waals surface area contributed by atoms with Gasteiger partial charge in [-0.1, -0.05) is 6.42 Å². The van der Waals surface area contributed by atoms with Gasteiger partial charge in [0.05, 0.1) is 15.9 Å². The predicted octanol–water partition coefficient (Wildman–Crippen LogP) is 3.34. The first kappa shape index (κ1) is 14.4. The molecule has 2 fully saturated rings. The van der Waals surface area contributed by atoms with Crippen LogP contribution in [-0.2, 0) is 0 Å². The fourth-order valence-corrected chi connectivity index (χ4v) is 3.56. The second-order valence-corrected chi connectivity index (χ2v) is 5.94. The Bertz CT molecular complexity index is 646. The van der Waals surface area contributed by atoms with E-state index in [4.69, 9.17) is 0 Å². The lowest BCUT2D eigenvalue weighted by Gasteiger charge is -2.16. The van der Waals surface area contributed by atoms with Gasteiger partial charge in [0.25, 0.3) is 5.69 Å². The van der Waals surface area contributed by atoms with Crippen molar-refractivity contribution in [1.29, 1.82) is 0 Å². The van der Waals surface area contributed by atoms with Crippen molar-refractivity contribution in [1.82, 2.24) is 0 Å². The summed E-state index contributed by atoms with van der Waals surface area (Å²) in [6, 6.07) is 3.48. The van der Waals surface area contributed by atoms with Crippen molar-refractivity contribution in [3.8, 4) is 0 Å². The van der Waals surface area contributed by atoms with Gasteiger partial charge >= 0.3 is 5.69 Å². The number of benzene rings is 1. The first-order valence-electron chi connectivity index (χ1n) is 7.26. The summed E-state index contributed by atoms with van der Waals surface area (Å²) in [5.74, 6) is 1.92. The number of nitrogens with one attached hydrogen (secondary N) is 1. The molecule has 2 saturated carbocycles. The molecule has 0 spiro atoms. The van der Waals surface area contributed by atoms with Gasteiger partial charge in [-0.15, -0.1) is 0 Å². The number of fused-ring (bicyclic) bond motifs is 2. The minimum atomic E-state index is -0.657. The highest BCUT2D eigenvalue weighted by atomic mass is 16.6. The Morgan fingerprint density at radius 1 is 1.18 bits per heavy atom. The van der Waals surface area contributed by atoms with Crippen LogP contribution in [0.15, 0.2) is 23.3 Å². The molecule has 1 aromatic rings. The maximum atomic E-state index is 11.0. The van der Waals surface area contributed by atoms with E-state index < -0.39 is 9.85 Å². The van der Waals surface area contributed by atoms with Crippen LogP contribution in [0.4, 0.5) is 17.1 Å². The molecule has 0 heterocycles. The predicted molar refractivity (Wildman–Crippen MR) is 80.8 cm³/mol. The molecule has 8 nitrogen and oxygen atoms in total. The Hall–Kier alpha value is -2.51. The number of nitro groups is 2. The SMILES string of the molecule is O=[N+]([O-])c1ccc(N/N=C/C2CC3CCC2C3)c([N+](=O)[O-])c1. The summed E-state index contributed by atoms with van der Waals surface area (Å²) in [5, 5.41) is 25.8. The van der Waals surface area contributed by atoms with Crippen LogP contribution in [-0.4, -0.2) is 16.1 Å². The summed E-state index contributed by atoms with van der Waals surface area (Å²) in [7, 11) is 0. The molecule has 8 heteroatoms. The van der Waals surface area contributed by atoms with E-state index in [-0.39, 0.29) is 17.1 Å². The number of nitro benzene ring substituents is 2. The highest BCUT2D eigenvalue weighted by molar-refractivity contribution is 5.68. The lowest BCUT2D eigenvalue weighted by Crippen LogP contribution is -2.12. The zero-order valence-electron chi connectivity index (χ0n) is 11.8. The number of anilines is 1. The lowest BCUT2D eigenvalue weighted by molar-refractivity contribution is -0.393. The minimum absolute atomic E-state index is 0.162. The fourth-order valence-electron chi connectivity index (χ4n) is 3.56. The summed E-state index contributed by atoms with van der Waals surface area (Å²) < 4.78 is 0. The van der Waals surface area contributed by atoms with Gasteiger partial charge in [0.15, 0.2) is 0 Å². The average molecular weight is 304 g/mol. The van der Waals surface area contributed by atoms with Gasteiger partial charge in [-0.2, -0.15) is 5.10 Å². The van der Waals surface area contributed by atoms with Crippen LogP contribution in [0.5, 0.6) is 0 Å². The largest absolute Gasteiger partial charge is 0.301 e.